The van der Waals surface area contributed by atoms with Crippen LogP contribution in [0.25, 0.3) is 11.1 Å². The van der Waals surface area contributed by atoms with Crippen LogP contribution >= 0.6 is 11.3 Å². The van der Waals surface area contributed by atoms with E-state index in [-0.39, 0.29) is 17.2 Å². The molecule has 1 aromatic carbocycles. The topological polar surface area (TPSA) is 73.9 Å². The molecule has 10 heteroatoms. The lowest BCUT2D eigenvalue weighted by Crippen LogP contribution is -2.30. The van der Waals surface area contributed by atoms with E-state index in [2.05, 4.69) is 0 Å². The number of carbonyl (C=O) groups excluding carboxylic acids is 2. The molecule has 3 rings (SSSR count). The van der Waals surface area contributed by atoms with E-state index in [1.54, 1.807) is 24.4 Å². The number of anilines is 1. The molecule has 1 aliphatic rings. The molecule has 1 amide bonds. The Morgan fingerprint density at radius 2 is 1.82 bits per heavy atom. The molecule has 0 radical (unpaired) electrons. The molecule has 0 bridgehead atoms. The van der Waals surface area contributed by atoms with Crippen molar-refractivity contribution >= 4 is 28.2 Å². The number of hydrogen-bond acceptors (Lipinski definition) is 6. The third kappa shape index (κ3) is 3.39. The van der Waals surface area contributed by atoms with Crippen LogP contribution in [0.2, 0.25) is 0 Å². The molecule has 0 saturated heterocycles. The van der Waals surface area contributed by atoms with Crippen LogP contribution in [0.1, 0.15) is 27.7 Å². The summed E-state index contributed by atoms with van der Waals surface area (Å²) in [4.78, 5) is 24.6. The van der Waals surface area contributed by atoms with Gasteiger partial charge in [0.25, 0.3) is 0 Å². The minimum absolute atomic E-state index is 0.0366. The Morgan fingerprint density at radius 1 is 1.18 bits per heavy atom. The number of rotatable bonds is 5. The smallest absolute Gasteiger partial charge is 0.471 e. The van der Waals surface area contributed by atoms with E-state index in [0.29, 0.717) is 33.9 Å². The molecule has 1 aromatic heterocycles. The van der Waals surface area contributed by atoms with E-state index in [0.717, 1.165) is 16.9 Å². The normalized spacial score (nSPS) is 12.2. The molecule has 0 unspecified atom stereocenters. The number of nitrogens with one attached hydrogen (secondary N) is 1. The first-order valence-electron chi connectivity index (χ1n) is 8.17. The van der Waals surface area contributed by atoms with Gasteiger partial charge in [0.1, 0.15) is 10.6 Å². The molecule has 0 spiro atoms. The van der Waals surface area contributed by atoms with Crippen molar-refractivity contribution in [2.24, 2.45) is 0 Å². The van der Waals surface area contributed by atoms with Crippen molar-refractivity contribution in [3.05, 3.63) is 28.1 Å². The van der Waals surface area contributed by atoms with Crippen molar-refractivity contribution in [1.29, 1.82) is 0 Å². The summed E-state index contributed by atoms with van der Waals surface area (Å²) < 4.78 is 53.6. The Morgan fingerprint density at radius 3 is 2.39 bits per heavy atom. The zero-order valence-corrected chi connectivity index (χ0v) is 16.0. The number of esters is 1. The molecule has 2 aromatic rings. The van der Waals surface area contributed by atoms with Gasteiger partial charge in [-0.3, -0.25) is 4.79 Å². The van der Waals surface area contributed by atoms with Crippen molar-refractivity contribution in [3.8, 4) is 22.6 Å². The van der Waals surface area contributed by atoms with Gasteiger partial charge in [0.2, 0.25) is 0 Å². The first-order chi connectivity index (χ1) is 13.2. The highest BCUT2D eigenvalue weighted by atomic mass is 32.1. The van der Waals surface area contributed by atoms with Crippen molar-refractivity contribution in [3.63, 3.8) is 0 Å². The van der Waals surface area contributed by atoms with Gasteiger partial charge in [-0.25, -0.2) is 4.79 Å². The lowest BCUT2D eigenvalue weighted by molar-refractivity contribution is -0.167. The van der Waals surface area contributed by atoms with Crippen molar-refractivity contribution in [2.45, 2.75) is 19.5 Å². The van der Waals surface area contributed by atoms with Crippen molar-refractivity contribution in [1.82, 2.24) is 0 Å². The van der Waals surface area contributed by atoms with Gasteiger partial charge in [-0.2, -0.15) is 13.2 Å². The summed E-state index contributed by atoms with van der Waals surface area (Å²) in [5.41, 5.74) is 1.81. The predicted octanol–water partition coefficient (Wildman–Crippen LogP) is 4.01. The summed E-state index contributed by atoms with van der Waals surface area (Å²) in [6.45, 7) is 1.62. The average Bonchev–Trinajstić information content (AvgIpc) is 3.14. The highest BCUT2D eigenvalue weighted by Gasteiger charge is 2.41. The molecule has 0 fully saturated rings. The van der Waals surface area contributed by atoms with Gasteiger partial charge < -0.3 is 19.5 Å². The average molecular weight is 415 g/mol. The Bertz CT molecular complexity index is 952. The maximum absolute atomic E-state index is 12.7. The minimum atomic E-state index is -5.07. The molecular formula is C18H16F3NO5S. The van der Waals surface area contributed by atoms with Gasteiger partial charge in [-0.1, -0.05) is 0 Å². The second kappa shape index (κ2) is 7.34. The fourth-order valence-electron chi connectivity index (χ4n) is 3.02. The molecule has 6 nitrogen and oxygen atoms in total. The van der Waals surface area contributed by atoms with Gasteiger partial charge in [0.05, 0.1) is 20.8 Å². The number of fused-ring (bicyclic) bond motifs is 3. The van der Waals surface area contributed by atoms with Crippen LogP contribution in [-0.4, -0.2) is 38.9 Å². The number of halogens is 3. The summed E-state index contributed by atoms with van der Waals surface area (Å²) in [5, 5.41) is 1.61. The molecular weight excluding hydrogens is 399 g/mol. The summed E-state index contributed by atoms with van der Waals surface area (Å²) in [7, 11) is 2.94. The summed E-state index contributed by atoms with van der Waals surface area (Å²) in [6, 6.07) is 3.41. The zero-order valence-electron chi connectivity index (χ0n) is 15.2. The molecule has 1 N–H and O–H groups in total. The molecule has 28 heavy (non-hydrogen) atoms. The maximum Gasteiger partial charge on any atom is 0.471 e. The number of thiophene rings is 1. The number of hydrogen-bond donors (Lipinski definition) is 1. The quantitative estimate of drug-likeness (QED) is 0.638. The number of benzene rings is 1. The van der Waals surface area contributed by atoms with Crippen LogP contribution in [0.3, 0.4) is 0 Å². The second-order valence-electron chi connectivity index (χ2n) is 5.82. The van der Waals surface area contributed by atoms with E-state index < -0.39 is 18.1 Å². The standard InChI is InChI=1S/C18H16F3NO5S/c1-4-27-16(23)14-13-9-7-11(26-3)10(25-2)5-8(9)6-12(13)28-15(14)22-17(24)18(19,20)21/h5,7H,4,6H2,1-3H3,(H,22,24). The molecule has 150 valence electrons. The van der Waals surface area contributed by atoms with E-state index in [4.69, 9.17) is 14.2 Å². The molecule has 0 atom stereocenters. The Kier molecular flexibility index (Phi) is 5.24. The number of alkyl halides is 3. The molecule has 1 aliphatic carbocycles. The van der Waals surface area contributed by atoms with E-state index in [1.807, 2.05) is 0 Å². The number of carbonyl (C=O) groups is 2. The van der Waals surface area contributed by atoms with Crippen LogP contribution in [0.5, 0.6) is 11.5 Å². The zero-order chi connectivity index (χ0) is 20.6. The summed E-state index contributed by atoms with van der Waals surface area (Å²) in [6.07, 6.45) is -4.70. The number of ether oxygens (including phenoxy) is 3. The number of amides is 1. The van der Waals surface area contributed by atoms with E-state index in [9.17, 15) is 22.8 Å². The van der Waals surface area contributed by atoms with Gasteiger partial charge >= 0.3 is 18.1 Å². The fraction of sp³-hybridized carbons (Fsp3) is 0.333. The van der Waals surface area contributed by atoms with Gasteiger partial charge in [0, 0.05) is 16.9 Å². The summed E-state index contributed by atoms with van der Waals surface area (Å²) >= 11 is 0.916. The van der Waals surface area contributed by atoms with Crippen LogP contribution in [0.15, 0.2) is 12.1 Å². The van der Waals surface area contributed by atoms with E-state index >= 15 is 0 Å². The molecule has 0 aliphatic heterocycles. The van der Waals surface area contributed by atoms with Gasteiger partial charge in [-0.05, 0) is 30.2 Å². The van der Waals surface area contributed by atoms with Gasteiger partial charge in [-0.15, -0.1) is 11.3 Å². The second-order valence-corrected chi connectivity index (χ2v) is 6.92. The third-order valence-electron chi connectivity index (χ3n) is 4.17. The minimum Gasteiger partial charge on any atom is -0.493 e. The van der Waals surface area contributed by atoms with Crippen LogP contribution in [-0.2, 0) is 16.0 Å². The van der Waals surface area contributed by atoms with Crippen molar-refractivity contribution in [2.75, 3.05) is 26.1 Å². The third-order valence-corrected chi connectivity index (χ3v) is 5.28. The monoisotopic (exact) mass is 415 g/mol. The maximum atomic E-state index is 12.7. The Balaban J connectivity index is 2.15. The Hall–Kier alpha value is -2.75. The first-order valence-corrected chi connectivity index (χ1v) is 8.99. The molecule has 0 saturated carbocycles. The van der Waals surface area contributed by atoms with Crippen LogP contribution in [0, 0.1) is 0 Å². The fourth-order valence-corrected chi connectivity index (χ4v) is 4.24. The van der Waals surface area contributed by atoms with Crippen LogP contribution in [0.4, 0.5) is 18.2 Å². The Labute approximate surface area is 162 Å². The SMILES string of the molecule is CCOC(=O)c1c(NC(=O)C(F)(F)F)sc2c1-c1cc(OC)c(OC)cc1C2. The predicted molar refractivity (Wildman–Crippen MR) is 96.3 cm³/mol. The lowest BCUT2D eigenvalue weighted by atomic mass is 10.0. The lowest BCUT2D eigenvalue weighted by Gasteiger charge is -2.13. The number of methoxy groups -OCH3 is 2. The highest BCUT2D eigenvalue weighted by molar-refractivity contribution is 7.17. The first kappa shape index (κ1) is 20.0. The highest BCUT2D eigenvalue weighted by Crippen LogP contribution is 2.50. The van der Waals surface area contributed by atoms with Crippen molar-refractivity contribution < 1.29 is 37.0 Å². The largest absolute Gasteiger partial charge is 0.493 e. The van der Waals surface area contributed by atoms with Crippen LogP contribution < -0.4 is 14.8 Å². The van der Waals surface area contributed by atoms with Gasteiger partial charge in [0.15, 0.2) is 11.5 Å². The summed E-state index contributed by atoms with van der Waals surface area (Å²) in [5.74, 6) is -2.04. The molecule has 1 heterocycles. The van der Waals surface area contributed by atoms with E-state index in [1.165, 1.54) is 14.2 Å².